The van der Waals surface area contributed by atoms with E-state index in [9.17, 15) is 0 Å². The van der Waals surface area contributed by atoms with E-state index in [2.05, 4.69) is 0 Å². The molecule has 8 heteroatoms. The zero-order valence-electron chi connectivity index (χ0n) is 21.7. The third kappa shape index (κ3) is 2.55. The standard InChI is InChI=1S/C34H18O6P2/c35-41-29-13-3-1-7-21(29)37-23-9-5-11-25(33(23)41)39-27-17-16-20-19(31(27)41)15-18-28-32(20)42(36)30-14-4-2-8-22(30)38-24-10-6-12-26(40-28)34(24)42/h1-18H. The number of hydrogen-bond acceptors (Lipinski definition) is 6. The van der Waals surface area contributed by atoms with Gasteiger partial charge in [-0.25, -0.2) is 0 Å². The monoisotopic (exact) mass is 584 g/mol. The summed E-state index contributed by atoms with van der Waals surface area (Å²) in [6.07, 6.45) is 0. The highest BCUT2D eigenvalue weighted by Gasteiger charge is 2.50. The van der Waals surface area contributed by atoms with E-state index in [-0.39, 0.29) is 0 Å². The van der Waals surface area contributed by atoms with E-state index in [1.807, 2.05) is 109 Å². The van der Waals surface area contributed by atoms with E-state index < -0.39 is 14.3 Å². The van der Waals surface area contributed by atoms with Crippen molar-refractivity contribution >= 4 is 56.9 Å². The van der Waals surface area contributed by atoms with Gasteiger partial charge in [0.2, 0.25) is 0 Å². The minimum atomic E-state index is -3.48. The number of ether oxygens (including phenoxy) is 4. The van der Waals surface area contributed by atoms with Crippen LogP contribution in [0.25, 0.3) is 10.8 Å². The fraction of sp³-hybridized carbons (Fsp3) is 0. The molecule has 0 bridgehead atoms. The van der Waals surface area contributed by atoms with Crippen LogP contribution >= 0.6 is 14.3 Å². The van der Waals surface area contributed by atoms with Gasteiger partial charge in [0.25, 0.3) is 0 Å². The summed E-state index contributed by atoms with van der Waals surface area (Å²) in [5.74, 6) is 4.20. The Balaban J connectivity index is 1.35. The van der Waals surface area contributed by atoms with Gasteiger partial charge >= 0.3 is 0 Å². The molecule has 0 aliphatic carbocycles. The lowest BCUT2D eigenvalue weighted by Gasteiger charge is -2.37. The van der Waals surface area contributed by atoms with Crippen molar-refractivity contribution in [2.75, 3.05) is 0 Å². The highest BCUT2D eigenvalue weighted by atomic mass is 31.2. The van der Waals surface area contributed by atoms with Crippen LogP contribution in [0.1, 0.15) is 0 Å². The number of rotatable bonds is 0. The molecule has 0 aromatic heterocycles. The Morgan fingerprint density at radius 2 is 0.667 bits per heavy atom. The van der Waals surface area contributed by atoms with Gasteiger partial charge < -0.3 is 28.1 Å². The van der Waals surface area contributed by atoms with Crippen LogP contribution in [0.2, 0.25) is 0 Å². The molecule has 0 N–H and O–H groups in total. The second kappa shape index (κ2) is 7.54. The first-order chi connectivity index (χ1) is 20.6. The molecular weight excluding hydrogens is 566 g/mol. The van der Waals surface area contributed by atoms with Crippen molar-refractivity contribution in [1.29, 1.82) is 0 Å². The van der Waals surface area contributed by atoms with Crippen molar-refractivity contribution in [2.45, 2.75) is 0 Å². The lowest BCUT2D eigenvalue weighted by Crippen LogP contribution is -2.37. The van der Waals surface area contributed by atoms with Crippen molar-refractivity contribution in [3.8, 4) is 46.0 Å². The molecule has 2 atom stereocenters. The van der Waals surface area contributed by atoms with Crippen LogP contribution < -0.4 is 50.8 Å². The maximum atomic E-state index is 15.7. The van der Waals surface area contributed by atoms with E-state index in [1.165, 1.54) is 0 Å². The molecule has 4 heterocycles. The zero-order chi connectivity index (χ0) is 27.8. The van der Waals surface area contributed by atoms with Gasteiger partial charge in [-0.05, 0) is 83.6 Å². The second-order valence-electron chi connectivity index (χ2n) is 10.7. The first-order valence-corrected chi connectivity index (χ1v) is 17.0. The Bertz CT molecular complexity index is 2150. The summed E-state index contributed by atoms with van der Waals surface area (Å²) in [6.45, 7) is 0. The smallest absolute Gasteiger partial charge is 0.186 e. The molecule has 0 spiro atoms. The molecule has 4 aliphatic rings. The fourth-order valence-corrected chi connectivity index (χ4v) is 13.4. The highest BCUT2D eigenvalue weighted by molar-refractivity contribution is 7.87. The average Bonchev–Trinajstić information content (AvgIpc) is 3.01. The predicted molar refractivity (Wildman–Crippen MR) is 163 cm³/mol. The Morgan fingerprint density at radius 3 is 1.10 bits per heavy atom. The molecule has 0 radical (unpaired) electrons. The average molecular weight is 584 g/mol. The summed E-state index contributed by atoms with van der Waals surface area (Å²) in [7, 11) is -6.96. The summed E-state index contributed by atoms with van der Waals surface area (Å²) in [5, 5.41) is 4.89. The first kappa shape index (κ1) is 22.9. The summed E-state index contributed by atoms with van der Waals surface area (Å²) in [5.41, 5.74) is 0. The van der Waals surface area contributed by atoms with E-state index in [0.717, 1.165) is 0 Å². The molecule has 4 aliphatic heterocycles. The van der Waals surface area contributed by atoms with Crippen molar-refractivity contribution < 1.29 is 28.1 Å². The van der Waals surface area contributed by atoms with Gasteiger partial charge in [0.05, 0.1) is 21.2 Å². The van der Waals surface area contributed by atoms with E-state index in [0.29, 0.717) is 88.6 Å². The van der Waals surface area contributed by atoms with Crippen LogP contribution in [0.4, 0.5) is 0 Å². The molecule has 10 rings (SSSR count). The minimum Gasteiger partial charge on any atom is -0.456 e. The number of para-hydroxylation sites is 2. The largest absolute Gasteiger partial charge is 0.456 e. The summed E-state index contributed by atoms with van der Waals surface area (Å²) < 4.78 is 56.7. The number of benzene rings is 6. The molecule has 0 saturated carbocycles. The lowest BCUT2D eigenvalue weighted by molar-refractivity contribution is 0.460. The van der Waals surface area contributed by atoms with E-state index >= 15 is 9.13 Å². The molecule has 2 unspecified atom stereocenters. The summed E-state index contributed by atoms with van der Waals surface area (Å²) in [4.78, 5) is 0. The molecule has 42 heavy (non-hydrogen) atoms. The van der Waals surface area contributed by atoms with Gasteiger partial charge in [-0.15, -0.1) is 0 Å². The lowest BCUT2D eigenvalue weighted by atomic mass is 10.1. The van der Waals surface area contributed by atoms with E-state index in [1.54, 1.807) is 0 Å². The first-order valence-electron chi connectivity index (χ1n) is 13.6. The molecule has 6 nitrogen and oxygen atoms in total. The molecule has 6 aromatic rings. The number of fused-ring (bicyclic) bond motifs is 11. The molecule has 0 saturated heterocycles. The van der Waals surface area contributed by atoms with E-state index in [4.69, 9.17) is 18.9 Å². The van der Waals surface area contributed by atoms with Crippen LogP contribution in [-0.2, 0) is 9.13 Å². The highest BCUT2D eigenvalue weighted by Crippen LogP contribution is 2.62. The van der Waals surface area contributed by atoms with Gasteiger partial charge in [-0.2, -0.15) is 0 Å². The maximum absolute atomic E-state index is 15.7. The zero-order valence-corrected chi connectivity index (χ0v) is 23.5. The van der Waals surface area contributed by atoms with Gasteiger partial charge in [0.15, 0.2) is 14.3 Å². The number of hydrogen-bond donors (Lipinski definition) is 0. The predicted octanol–water partition coefficient (Wildman–Crippen LogP) is 6.54. The van der Waals surface area contributed by atoms with Crippen LogP contribution in [0.3, 0.4) is 0 Å². The van der Waals surface area contributed by atoms with Crippen molar-refractivity contribution in [3.63, 3.8) is 0 Å². The molecule has 0 amide bonds. The van der Waals surface area contributed by atoms with Crippen LogP contribution in [0.15, 0.2) is 109 Å². The Labute approximate surface area is 239 Å². The van der Waals surface area contributed by atoms with Crippen LogP contribution in [0, 0.1) is 0 Å². The third-order valence-corrected chi connectivity index (χ3v) is 15.0. The third-order valence-electron chi connectivity index (χ3n) is 8.54. The Hall–Kier alpha value is -4.76. The summed E-state index contributed by atoms with van der Waals surface area (Å²) in [6, 6.07) is 33.4. The van der Waals surface area contributed by atoms with Gasteiger partial charge in [0, 0.05) is 0 Å². The van der Waals surface area contributed by atoms with Crippen LogP contribution in [0.5, 0.6) is 46.0 Å². The van der Waals surface area contributed by atoms with Crippen molar-refractivity contribution in [2.24, 2.45) is 0 Å². The molecule has 6 aromatic carbocycles. The fourth-order valence-electron chi connectivity index (χ4n) is 6.89. The Kier molecular flexibility index (Phi) is 4.11. The SMILES string of the molecule is O=P12c3ccccc3Oc3cccc(c31)Oc1ccc3c4c(ccc3c12)Oc1cccc2c1P4(=O)c1ccccc1O2. The Morgan fingerprint density at radius 1 is 0.333 bits per heavy atom. The van der Waals surface area contributed by atoms with Crippen molar-refractivity contribution in [3.05, 3.63) is 109 Å². The molecular formula is C34H18O6P2. The van der Waals surface area contributed by atoms with Gasteiger partial charge in [-0.1, -0.05) is 36.4 Å². The second-order valence-corrected chi connectivity index (χ2v) is 15.9. The normalized spacial score (nSPS) is 21.0. The van der Waals surface area contributed by atoms with Gasteiger partial charge in [0.1, 0.15) is 56.6 Å². The van der Waals surface area contributed by atoms with Crippen molar-refractivity contribution in [1.82, 2.24) is 0 Å². The quantitative estimate of drug-likeness (QED) is 0.189. The topological polar surface area (TPSA) is 71.1 Å². The van der Waals surface area contributed by atoms with Gasteiger partial charge in [-0.3, -0.25) is 0 Å². The molecule has 0 fully saturated rings. The maximum Gasteiger partial charge on any atom is 0.186 e. The summed E-state index contributed by atoms with van der Waals surface area (Å²) >= 11 is 0. The van der Waals surface area contributed by atoms with Crippen LogP contribution in [-0.4, -0.2) is 0 Å². The minimum absolute atomic E-state index is 0.510. The molecule has 200 valence electrons.